The van der Waals surface area contributed by atoms with Crippen molar-refractivity contribution in [2.45, 2.75) is 6.92 Å². The number of hydrogen-bond donors (Lipinski definition) is 1. The summed E-state index contributed by atoms with van der Waals surface area (Å²) < 4.78 is 1.34. The smallest absolute Gasteiger partial charge is 0.252 e. The molecule has 0 bridgehead atoms. The summed E-state index contributed by atoms with van der Waals surface area (Å²) in [4.78, 5) is 18.0. The molecule has 0 saturated carbocycles. The Kier molecular flexibility index (Phi) is 1.06. The van der Waals surface area contributed by atoms with Crippen LogP contribution in [0.4, 0.5) is 0 Å². The van der Waals surface area contributed by atoms with Crippen LogP contribution in [-0.2, 0) is 0 Å². The van der Waals surface area contributed by atoms with E-state index in [1.807, 2.05) is 0 Å². The van der Waals surface area contributed by atoms with Crippen molar-refractivity contribution >= 4 is 5.78 Å². The first-order chi connectivity index (χ1) is 5.27. The fraction of sp³-hybridized carbons (Fsp3) is 0.167. The third kappa shape index (κ3) is 0.813. The highest BCUT2D eigenvalue weighted by molar-refractivity contribution is 5.18. The molecule has 0 unspecified atom stereocenters. The van der Waals surface area contributed by atoms with Crippen molar-refractivity contribution in [2.24, 2.45) is 0 Å². The lowest BCUT2D eigenvalue weighted by molar-refractivity contribution is -0.349. The topological polar surface area (TPSA) is 64.3 Å². The van der Waals surface area contributed by atoms with E-state index in [0.29, 0.717) is 11.5 Å². The molecular weight excluding hydrogens is 144 g/mol. The molecule has 0 atom stereocenters. The maximum atomic E-state index is 11.1. The SMILES string of the molecule is Cc1cc(=O)n2[nH]c[nH+]c2n1. The molecule has 0 aliphatic carbocycles. The molecule has 11 heavy (non-hydrogen) atoms. The van der Waals surface area contributed by atoms with Crippen LogP contribution in [0.15, 0.2) is 17.2 Å². The van der Waals surface area contributed by atoms with E-state index in [1.165, 1.54) is 10.6 Å². The van der Waals surface area contributed by atoms with Gasteiger partial charge in [-0.25, -0.2) is 4.98 Å². The molecule has 2 aromatic heterocycles. The highest BCUT2D eigenvalue weighted by Gasteiger charge is 2.06. The second-order valence-corrected chi connectivity index (χ2v) is 2.31. The summed E-state index contributed by atoms with van der Waals surface area (Å²) in [7, 11) is 0. The Hall–Kier alpha value is -1.65. The van der Waals surface area contributed by atoms with E-state index >= 15 is 0 Å². The normalized spacial score (nSPS) is 10.6. The van der Waals surface area contributed by atoms with Crippen LogP contribution in [0.1, 0.15) is 5.69 Å². The molecule has 2 N–H and O–H groups in total. The molecule has 2 rings (SSSR count). The van der Waals surface area contributed by atoms with Crippen LogP contribution < -0.4 is 10.5 Å². The van der Waals surface area contributed by atoms with E-state index in [1.54, 1.807) is 13.3 Å². The summed E-state index contributed by atoms with van der Waals surface area (Å²) >= 11 is 0. The fourth-order valence-electron chi connectivity index (χ4n) is 0.980. The number of nitrogens with one attached hydrogen (secondary N) is 2. The second-order valence-electron chi connectivity index (χ2n) is 2.31. The number of aromatic amines is 2. The lowest BCUT2D eigenvalue weighted by Crippen LogP contribution is -2.16. The van der Waals surface area contributed by atoms with E-state index in [4.69, 9.17) is 0 Å². The molecule has 0 radical (unpaired) electrons. The molecule has 5 nitrogen and oxygen atoms in total. The minimum atomic E-state index is -0.103. The van der Waals surface area contributed by atoms with Crippen LogP contribution in [0.5, 0.6) is 0 Å². The molecule has 0 aliphatic rings. The lowest BCUT2D eigenvalue weighted by Gasteiger charge is -1.82. The molecule has 2 heterocycles. The first kappa shape index (κ1) is 6.09. The van der Waals surface area contributed by atoms with E-state index in [9.17, 15) is 4.79 Å². The molecule has 0 aliphatic heterocycles. The van der Waals surface area contributed by atoms with Gasteiger partial charge in [-0.15, -0.1) is 4.98 Å². The maximum Gasteiger partial charge on any atom is 0.385 e. The summed E-state index contributed by atoms with van der Waals surface area (Å²) in [6, 6.07) is 1.47. The van der Waals surface area contributed by atoms with Gasteiger partial charge in [-0.3, -0.25) is 4.79 Å². The standard InChI is InChI=1S/C6H6N4O/c1-4-2-5(11)10-6(9-4)7-3-8-10/h2-3H,1H3,(H,7,8,9)/p+1. The largest absolute Gasteiger partial charge is 0.385 e. The van der Waals surface area contributed by atoms with Crippen LogP contribution >= 0.6 is 0 Å². The fourth-order valence-corrected chi connectivity index (χ4v) is 0.980. The van der Waals surface area contributed by atoms with Crippen molar-refractivity contribution < 1.29 is 4.98 Å². The second kappa shape index (κ2) is 1.91. The lowest BCUT2D eigenvalue weighted by atomic mass is 10.5. The summed E-state index contributed by atoms with van der Waals surface area (Å²) in [6.07, 6.45) is 1.56. The molecule has 5 heteroatoms. The van der Waals surface area contributed by atoms with Gasteiger partial charge in [0, 0.05) is 0 Å². The van der Waals surface area contributed by atoms with E-state index in [0.717, 1.165) is 0 Å². The van der Waals surface area contributed by atoms with Crippen molar-refractivity contribution in [2.75, 3.05) is 0 Å². The summed E-state index contributed by atoms with van der Waals surface area (Å²) in [5.74, 6) is 0.537. The van der Waals surface area contributed by atoms with Crippen molar-refractivity contribution in [1.82, 2.24) is 14.6 Å². The van der Waals surface area contributed by atoms with Gasteiger partial charge in [0.25, 0.3) is 0 Å². The summed E-state index contributed by atoms with van der Waals surface area (Å²) in [5, 5.41) is 2.70. The van der Waals surface area contributed by atoms with Gasteiger partial charge in [0.2, 0.25) is 0 Å². The average molecular weight is 151 g/mol. The van der Waals surface area contributed by atoms with E-state index < -0.39 is 0 Å². The zero-order valence-corrected chi connectivity index (χ0v) is 5.96. The highest BCUT2D eigenvalue weighted by atomic mass is 16.1. The minimum absolute atomic E-state index is 0.103. The van der Waals surface area contributed by atoms with Gasteiger partial charge in [0.15, 0.2) is 6.33 Å². The van der Waals surface area contributed by atoms with Crippen LogP contribution in [0.3, 0.4) is 0 Å². The molecule has 2 aromatic rings. The Morgan fingerprint density at radius 2 is 2.55 bits per heavy atom. The minimum Gasteiger partial charge on any atom is -0.252 e. The number of hydrogen-bond acceptors (Lipinski definition) is 2. The van der Waals surface area contributed by atoms with Gasteiger partial charge in [0.1, 0.15) is 5.69 Å². The quantitative estimate of drug-likeness (QED) is 0.532. The number of aromatic nitrogens is 4. The van der Waals surface area contributed by atoms with Crippen molar-refractivity contribution in [3.63, 3.8) is 0 Å². The summed E-state index contributed by atoms with van der Waals surface area (Å²) in [5.41, 5.74) is 0.611. The Morgan fingerprint density at radius 1 is 1.73 bits per heavy atom. The van der Waals surface area contributed by atoms with Crippen molar-refractivity contribution in [3.05, 3.63) is 28.4 Å². The molecule has 0 aromatic carbocycles. The zero-order valence-electron chi connectivity index (χ0n) is 5.96. The number of fused-ring (bicyclic) bond motifs is 1. The van der Waals surface area contributed by atoms with Crippen molar-refractivity contribution in [3.8, 4) is 0 Å². The van der Waals surface area contributed by atoms with Crippen LogP contribution in [0.2, 0.25) is 0 Å². The van der Waals surface area contributed by atoms with Crippen molar-refractivity contribution in [1.29, 1.82) is 0 Å². The summed E-state index contributed by atoms with van der Waals surface area (Å²) in [6.45, 7) is 1.78. The van der Waals surface area contributed by atoms with Crippen LogP contribution in [0, 0.1) is 6.92 Å². The molecular formula is C6H7N4O+. The predicted molar refractivity (Wildman–Crippen MR) is 37.1 cm³/mol. The first-order valence-corrected chi connectivity index (χ1v) is 3.23. The van der Waals surface area contributed by atoms with Crippen LogP contribution in [0.25, 0.3) is 5.78 Å². The average Bonchev–Trinajstić information content (AvgIpc) is 2.34. The van der Waals surface area contributed by atoms with E-state index in [-0.39, 0.29) is 5.56 Å². The third-order valence-corrected chi connectivity index (χ3v) is 1.44. The molecule has 0 fully saturated rings. The molecule has 0 amide bonds. The molecule has 0 saturated heterocycles. The molecule has 56 valence electrons. The maximum absolute atomic E-state index is 11.1. The Balaban J connectivity index is 3.02. The number of nitrogens with zero attached hydrogens (tertiary/aromatic N) is 2. The predicted octanol–water partition coefficient (Wildman–Crippen LogP) is -0.855. The van der Waals surface area contributed by atoms with Gasteiger partial charge >= 0.3 is 11.3 Å². The Morgan fingerprint density at radius 3 is 3.36 bits per heavy atom. The zero-order chi connectivity index (χ0) is 7.84. The number of rotatable bonds is 0. The van der Waals surface area contributed by atoms with Gasteiger partial charge in [-0.1, -0.05) is 4.52 Å². The first-order valence-electron chi connectivity index (χ1n) is 3.23. The third-order valence-electron chi connectivity index (χ3n) is 1.44. The highest BCUT2D eigenvalue weighted by Crippen LogP contribution is 1.86. The number of H-pyrrole nitrogens is 2. The van der Waals surface area contributed by atoms with Gasteiger partial charge in [-0.05, 0) is 6.92 Å². The Labute approximate surface area is 61.7 Å². The van der Waals surface area contributed by atoms with Gasteiger partial charge in [0.05, 0.1) is 6.07 Å². The van der Waals surface area contributed by atoms with Gasteiger partial charge in [-0.2, -0.15) is 5.10 Å². The van der Waals surface area contributed by atoms with E-state index in [2.05, 4.69) is 15.1 Å². The monoisotopic (exact) mass is 151 g/mol. The Bertz CT molecular complexity index is 441. The number of aryl methyl sites for hydroxylation is 1. The van der Waals surface area contributed by atoms with Crippen LogP contribution in [-0.4, -0.2) is 14.6 Å². The van der Waals surface area contributed by atoms with Gasteiger partial charge < -0.3 is 0 Å². The molecule has 0 spiro atoms.